The smallest absolute Gasteiger partial charge is 0.330 e. The van der Waals surface area contributed by atoms with Crippen LogP contribution in [0.25, 0.3) is 10.2 Å². The van der Waals surface area contributed by atoms with E-state index in [-0.39, 0.29) is 18.6 Å². The summed E-state index contributed by atoms with van der Waals surface area (Å²) in [5.74, 6) is 0.140. The van der Waals surface area contributed by atoms with Gasteiger partial charge < -0.3 is 15.0 Å². The zero-order valence-corrected chi connectivity index (χ0v) is 19.0. The number of hydrogen-bond acceptors (Lipinski definition) is 7. The summed E-state index contributed by atoms with van der Waals surface area (Å²) in [5, 5.41) is 4.67. The van der Waals surface area contributed by atoms with Crippen molar-refractivity contribution in [1.29, 1.82) is 0 Å². The van der Waals surface area contributed by atoms with Gasteiger partial charge >= 0.3 is 5.97 Å². The molecule has 1 aliphatic rings. The summed E-state index contributed by atoms with van der Waals surface area (Å²) in [5.41, 5.74) is 2.42. The van der Waals surface area contributed by atoms with Crippen molar-refractivity contribution >= 4 is 39.2 Å². The maximum atomic E-state index is 12.5. The predicted molar refractivity (Wildman–Crippen MR) is 125 cm³/mol. The van der Waals surface area contributed by atoms with Crippen molar-refractivity contribution in [2.45, 2.75) is 39.3 Å². The first kappa shape index (κ1) is 22.0. The van der Waals surface area contributed by atoms with Gasteiger partial charge in [0, 0.05) is 23.6 Å². The molecule has 1 amide bonds. The SMILES string of the molecule is CCOC(=O)C=CC(=O)N1CCc2c(sc3ncnc(NC(CC)c4ccccc4)c23)C1. The van der Waals surface area contributed by atoms with E-state index >= 15 is 0 Å². The Balaban J connectivity index is 1.57. The van der Waals surface area contributed by atoms with Crippen molar-refractivity contribution in [3.8, 4) is 0 Å². The van der Waals surface area contributed by atoms with Crippen LogP contribution in [0.1, 0.15) is 42.3 Å². The lowest BCUT2D eigenvalue weighted by Gasteiger charge is -2.26. The molecule has 7 nitrogen and oxygen atoms in total. The Labute approximate surface area is 191 Å². The maximum Gasteiger partial charge on any atom is 0.330 e. The first-order chi connectivity index (χ1) is 15.6. The Morgan fingerprint density at radius 3 is 2.78 bits per heavy atom. The lowest BCUT2D eigenvalue weighted by Crippen LogP contribution is -2.34. The number of benzene rings is 1. The summed E-state index contributed by atoms with van der Waals surface area (Å²) in [6.45, 7) is 5.24. The molecule has 0 aliphatic carbocycles. The molecule has 3 heterocycles. The number of carbonyl (C=O) groups excluding carboxylic acids is 2. The third-order valence-corrected chi connectivity index (χ3v) is 6.64. The summed E-state index contributed by atoms with van der Waals surface area (Å²) < 4.78 is 4.85. The Kier molecular flexibility index (Phi) is 6.80. The van der Waals surface area contributed by atoms with Gasteiger partial charge in [0.05, 0.1) is 24.6 Å². The highest BCUT2D eigenvalue weighted by molar-refractivity contribution is 7.19. The molecule has 1 aliphatic heterocycles. The number of thiophene rings is 1. The Morgan fingerprint density at radius 2 is 2.03 bits per heavy atom. The van der Waals surface area contributed by atoms with Gasteiger partial charge in [-0.05, 0) is 30.9 Å². The molecule has 1 unspecified atom stereocenters. The van der Waals surface area contributed by atoms with E-state index in [2.05, 4.69) is 34.3 Å². The van der Waals surface area contributed by atoms with Gasteiger partial charge in [0.1, 0.15) is 17.0 Å². The number of fused-ring (bicyclic) bond motifs is 3. The molecule has 0 saturated heterocycles. The molecule has 3 aromatic rings. The number of amides is 1. The number of nitrogens with zero attached hydrogens (tertiary/aromatic N) is 3. The van der Waals surface area contributed by atoms with Gasteiger partial charge in [0.2, 0.25) is 5.91 Å². The first-order valence-corrected chi connectivity index (χ1v) is 11.6. The molecular formula is C24H26N4O3S. The standard InChI is InChI=1S/C24H26N4O3S/c1-3-18(16-8-6-5-7-9-16)27-23-22-17-12-13-28(20(29)10-11-21(30)31-4-2)14-19(17)32-24(22)26-15-25-23/h5-11,15,18H,3-4,12-14H2,1-2H3,(H,25,26,27). The van der Waals surface area contributed by atoms with Gasteiger partial charge in [-0.3, -0.25) is 4.79 Å². The van der Waals surface area contributed by atoms with E-state index in [4.69, 9.17) is 4.74 Å². The van der Waals surface area contributed by atoms with E-state index in [9.17, 15) is 9.59 Å². The fraction of sp³-hybridized carbons (Fsp3) is 0.333. The summed E-state index contributed by atoms with van der Waals surface area (Å²) in [6.07, 6.45) is 5.72. The number of rotatable bonds is 7. The molecule has 32 heavy (non-hydrogen) atoms. The summed E-state index contributed by atoms with van der Waals surface area (Å²) in [4.78, 5) is 36.9. The Hall–Kier alpha value is -3.26. The zero-order chi connectivity index (χ0) is 22.5. The highest BCUT2D eigenvalue weighted by Crippen LogP contribution is 2.38. The predicted octanol–water partition coefficient (Wildman–Crippen LogP) is 4.26. The summed E-state index contributed by atoms with van der Waals surface area (Å²) in [7, 11) is 0. The van der Waals surface area contributed by atoms with Crippen LogP contribution in [0, 0.1) is 0 Å². The van der Waals surface area contributed by atoms with Crippen LogP contribution in [0.5, 0.6) is 0 Å². The zero-order valence-electron chi connectivity index (χ0n) is 18.2. The van der Waals surface area contributed by atoms with Crippen LogP contribution in [0.15, 0.2) is 48.8 Å². The van der Waals surface area contributed by atoms with Gasteiger partial charge in [-0.25, -0.2) is 14.8 Å². The van der Waals surface area contributed by atoms with Crippen molar-refractivity contribution in [3.63, 3.8) is 0 Å². The largest absolute Gasteiger partial charge is 0.463 e. The molecule has 1 N–H and O–H groups in total. The minimum atomic E-state index is -0.504. The lowest BCUT2D eigenvalue weighted by atomic mass is 10.0. The average molecular weight is 451 g/mol. The van der Waals surface area contributed by atoms with Crippen molar-refractivity contribution in [2.75, 3.05) is 18.5 Å². The summed E-state index contributed by atoms with van der Waals surface area (Å²) >= 11 is 1.60. The van der Waals surface area contributed by atoms with Gasteiger partial charge in [-0.2, -0.15) is 0 Å². The molecule has 1 aromatic carbocycles. The number of hydrogen-bond donors (Lipinski definition) is 1. The molecule has 0 saturated carbocycles. The van der Waals surface area contributed by atoms with Crippen LogP contribution in [0.3, 0.4) is 0 Å². The highest BCUT2D eigenvalue weighted by Gasteiger charge is 2.26. The molecule has 166 valence electrons. The fourth-order valence-corrected chi connectivity index (χ4v) is 5.13. The van der Waals surface area contributed by atoms with E-state index in [0.29, 0.717) is 13.1 Å². The second kappa shape index (κ2) is 9.91. The Bertz CT molecular complexity index is 1140. The second-order valence-corrected chi connectivity index (χ2v) is 8.60. The topological polar surface area (TPSA) is 84.4 Å². The number of ether oxygens (including phenoxy) is 1. The van der Waals surface area contributed by atoms with Gasteiger partial charge in [-0.1, -0.05) is 37.3 Å². The average Bonchev–Trinajstić information content (AvgIpc) is 3.20. The number of esters is 1. The fourth-order valence-electron chi connectivity index (χ4n) is 3.93. The van der Waals surface area contributed by atoms with Gasteiger partial charge in [0.25, 0.3) is 0 Å². The lowest BCUT2D eigenvalue weighted by molar-refractivity contribution is -0.137. The van der Waals surface area contributed by atoms with E-state index in [1.165, 1.54) is 23.3 Å². The molecule has 8 heteroatoms. The van der Waals surface area contributed by atoms with Crippen LogP contribution in [-0.4, -0.2) is 39.9 Å². The third-order valence-electron chi connectivity index (χ3n) is 5.52. The minimum absolute atomic E-state index is 0.152. The molecule has 0 bridgehead atoms. The molecule has 2 aromatic heterocycles. The molecule has 0 radical (unpaired) electrons. The highest BCUT2D eigenvalue weighted by atomic mass is 32.1. The Morgan fingerprint density at radius 1 is 1.22 bits per heavy atom. The molecule has 4 rings (SSSR count). The molecule has 0 fully saturated rings. The van der Waals surface area contributed by atoms with Crippen LogP contribution >= 0.6 is 11.3 Å². The van der Waals surface area contributed by atoms with E-state index in [1.54, 1.807) is 29.5 Å². The van der Waals surface area contributed by atoms with E-state index < -0.39 is 5.97 Å². The molecule has 0 spiro atoms. The minimum Gasteiger partial charge on any atom is -0.463 e. The number of carbonyl (C=O) groups is 2. The quantitative estimate of drug-likeness (QED) is 0.428. The van der Waals surface area contributed by atoms with Crippen LogP contribution < -0.4 is 5.32 Å². The van der Waals surface area contributed by atoms with Crippen molar-refractivity contribution in [1.82, 2.24) is 14.9 Å². The van der Waals surface area contributed by atoms with Gasteiger partial charge in [0.15, 0.2) is 0 Å². The first-order valence-electron chi connectivity index (χ1n) is 10.8. The molecule has 1 atom stereocenters. The van der Waals surface area contributed by atoms with Crippen LogP contribution in [0.2, 0.25) is 0 Å². The number of aromatic nitrogens is 2. The third kappa shape index (κ3) is 4.65. The monoisotopic (exact) mass is 450 g/mol. The molecular weight excluding hydrogens is 424 g/mol. The summed E-state index contributed by atoms with van der Waals surface area (Å²) in [6, 6.07) is 10.5. The number of nitrogens with one attached hydrogen (secondary N) is 1. The van der Waals surface area contributed by atoms with E-state index in [1.807, 2.05) is 18.2 Å². The maximum absolute atomic E-state index is 12.5. The van der Waals surface area contributed by atoms with Crippen LogP contribution in [0.4, 0.5) is 5.82 Å². The second-order valence-electron chi connectivity index (χ2n) is 7.52. The normalized spacial score (nSPS) is 14.4. The van der Waals surface area contributed by atoms with Crippen molar-refractivity contribution in [2.24, 2.45) is 0 Å². The van der Waals surface area contributed by atoms with Crippen molar-refractivity contribution < 1.29 is 14.3 Å². The van der Waals surface area contributed by atoms with Crippen LogP contribution in [-0.2, 0) is 27.3 Å². The van der Waals surface area contributed by atoms with Crippen molar-refractivity contribution in [3.05, 3.63) is 64.8 Å². The van der Waals surface area contributed by atoms with E-state index in [0.717, 1.165) is 33.8 Å². The number of anilines is 1. The van der Waals surface area contributed by atoms with Gasteiger partial charge in [-0.15, -0.1) is 11.3 Å².